The summed E-state index contributed by atoms with van der Waals surface area (Å²) in [6.07, 6.45) is 0. The second-order valence-corrected chi connectivity index (χ2v) is 11.9. The van der Waals surface area contributed by atoms with E-state index in [0.717, 1.165) is 11.4 Å². The number of hydrogen-bond donors (Lipinski definition) is 0. The maximum absolute atomic E-state index is 7.27. The topological polar surface area (TPSA) is 34.5 Å². The van der Waals surface area contributed by atoms with E-state index in [2.05, 4.69) is 97.1 Å². The summed E-state index contributed by atoms with van der Waals surface area (Å²) in [6.45, 7) is 2.02. The SMILES string of the molecule is Cc1cccc(C2=NC3(SC34c3ccccc3-c3ccccc34)C3(O2)c2ccccc2-c2ccccc23)n1. The average molecular weight is 507 g/mol. The van der Waals surface area contributed by atoms with Gasteiger partial charge in [0.2, 0.25) is 5.90 Å². The first kappa shape index (κ1) is 20.9. The number of aliphatic imine (C=N–C) groups is 1. The Morgan fingerprint density at radius 1 is 0.579 bits per heavy atom. The molecule has 0 N–H and O–H groups in total. The second kappa shape index (κ2) is 6.83. The van der Waals surface area contributed by atoms with E-state index in [4.69, 9.17) is 14.7 Å². The smallest absolute Gasteiger partial charge is 0.238 e. The van der Waals surface area contributed by atoms with Gasteiger partial charge in [0.05, 0.1) is 0 Å². The second-order valence-electron chi connectivity index (χ2n) is 10.5. The van der Waals surface area contributed by atoms with Crippen LogP contribution in [0.1, 0.15) is 33.6 Å². The van der Waals surface area contributed by atoms with Crippen molar-refractivity contribution in [3.63, 3.8) is 0 Å². The van der Waals surface area contributed by atoms with Crippen molar-refractivity contribution < 1.29 is 4.74 Å². The molecule has 38 heavy (non-hydrogen) atoms. The van der Waals surface area contributed by atoms with Crippen LogP contribution in [0.2, 0.25) is 0 Å². The van der Waals surface area contributed by atoms with Gasteiger partial charge in [0.25, 0.3) is 0 Å². The Morgan fingerprint density at radius 2 is 1.08 bits per heavy atom. The van der Waals surface area contributed by atoms with Gasteiger partial charge in [-0.25, -0.2) is 9.98 Å². The summed E-state index contributed by atoms with van der Waals surface area (Å²) in [5.41, 5.74) is 11.0. The number of rotatable bonds is 1. The normalized spacial score (nSPS) is 21.6. The van der Waals surface area contributed by atoms with Crippen LogP contribution in [-0.2, 0) is 15.1 Å². The van der Waals surface area contributed by atoms with Crippen LogP contribution in [0.3, 0.4) is 0 Å². The standard InChI is InChI=1S/C34H22N2OS/c1-21-11-10-20-30(35-21)31-36-34(32(37-31)26-16-6-2-12-22(26)23-13-3-7-17-27(23)32)33(38-34)28-18-8-4-14-24(28)25-15-5-9-19-29(25)33/h2-20H,1H3. The van der Waals surface area contributed by atoms with Crippen molar-refractivity contribution >= 4 is 17.7 Å². The van der Waals surface area contributed by atoms with Gasteiger partial charge in [-0.3, -0.25) is 0 Å². The zero-order valence-electron chi connectivity index (χ0n) is 20.7. The number of fused-ring (bicyclic) bond motifs is 12. The molecular formula is C34H22N2OS. The van der Waals surface area contributed by atoms with Gasteiger partial charge in [-0.2, -0.15) is 0 Å². The van der Waals surface area contributed by atoms with Gasteiger partial charge in [0.15, 0.2) is 10.5 Å². The molecule has 4 aliphatic rings. The van der Waals surface area contributed by atoms with E-state index in [-0.39, 0.29) is 4.75 Å². The summed E-state index contributed by atoms with van der Waals surface area (Å²) in [5.74, 6) is 0.617. The number of ether oxygens (including phenoxy) is 1. The molecule has 0 radical (unpaired) electrons. The van der Waals surface area contributed by atoms with Crippen LogP contribution in [0.15, 0.2) is 120 Å². The van der Waals surface area contributed by atoms with Gasteiger partial charge in [-0.15, -0.1) is 11.8 Å². The highest BCUT2D eigenvalue weighted by Gasteiger charge is 2.87. The molecule has 2 aliphatic heterocycles. The Balaban J connectivity index is 1.40. The van der Waals surface area contributed by atoms with Crippen LogP contribution in [0, 0.1) is 6.92 Å². The third-order valence-corrected chi connectivity index (χ3v) is 10.5. The lowest BCUT2D eigenvalue weighted by atomic mass is 9.75. The van der Waals surface area contributed by atoms with Crippen molar-refractivity contribution in [2.24, 2.45) is 4.99 Å². The number of pyridine rings is 1. The van der Waals surface area contributed by atoms with Gasteiger partial charge in [0, 0.05) is 16.8 Å². The minimum Gasteiger partial charge on any atom is -0.456 e. The number of hydrogen-bond acceptors (Lipinski definition) is 4. The van der Waals surface area contributed by atoms with E-state index in [9.17, 15) is 0 Å². The van der Waals surface area contributed by atoms with E-state index in [1.54, 1.807) is 0 Å². The molecule has 180 valence electrons. The molecule has 1 saturated heterocycles. The zero-order chi connectivity index (χ0) is 25.1. The third kappa shape index (κ3) is 2.18. The molecule has 3 spiro atoms. The first-order valence-electron chi connectivity index (χ1n) is 13.0. The highest BCUT2D eigenvalue weighted by molar-refractivity contribution is 8.09. The molecule has 1 fully saturated rings. The van der Waals surface area contributed by atoms with Crippen molar-refractivity contribution in [3.8, 4) is 22.3 Å². The molecule has 0 bridgehead atoms. The first-order valence-corrected chi connectivity index (χ1v) is 13.8. The lowest BCUT2D eigenvalue weighted by molar-refractivity contribution is 0.0943. The summed E-state index contributed by atoms with van der Waals surface area (Å²) in [7, 11) is 0. The number of aromatic nitrogens is 1. The third-order valence-electron chi connectivity index (χ3n) is 8.64. The van der Waals surface area contributed by atoms with E-state index >= 15 is 0 Å². The molecule has 4 aromatic carbocycles. The van der Waals surface area contributed by atoms with E-state index in [0.29, 0.717) is 5.90 Å². The lowest BCUT2D eigenvalue weighted by Gasteiger charge is -2.33. The van der Waals surface area contributed by atoms with E-state index in [1.807, 2.05) is 36.9 Å². The van der Waals surface area contributed by atoms with Crippen LogP contribution in [0.5, 0.6) is 0 Å². The van der Waals surface area contributed by atoms with E-state index in [1.165, 1.54) is 44.5 Å². The van der Waals surface area contributed by atoms with Gasteiger partial charge in [-0.1, -0.05) is 103 Å². The molecule has 4 heteroatoms. The number of nitrogens with zero attached hydrogens (tertiary/aromatic N) is 2. The Hall–Kier alpha value is -4.15. The van der Waals surface area contributed by atoms with Crippen LogP contribution in [-0.4, -0.2) is 15.8 Å². The highest BCUT2D eigenvalue weighted by atomic mass is 32.2. The van der Waals surface area contributed by atoms with Gasteiger partial charge in [-0.05, 0) is 52.4 Å². The minimum atomic E-state index is -0.782. The summed E-state index contributed by atoms with van der Waals surface area (Å²) in [4.78, 5) is 9.84. The fourth-order valence-corrected chi connectivity index (χ4v) is 9.10. The summed E-state index contributed by atoms with van der Waals surface area (Å²) in [5, 5.41) is 0. The number of benzene rings is 4. The molecule has 1 atom stereocenters. The summed E-state index contributed by atoms with van der Waals surface area (Å²) in [6, 6.07) is 41.1. The predicted octanol–water partition coefficient (Wildman–Crippen LogP) is 7.46. The molecule has 3 heterocycles. The van der Waals surface area contributed by atoms with Crippen LogP contribution < -0.4 is 0 Å². The highest BCUT2D eigenvalue weighted by Crippen LogP contribution is 2.86. The first-order chi connectivity index (χ1) is 18.7. The predicted molar refractivity (Wildman–Crippen MR) is 152 cm³/mol. The largest absolute Gasteiger partial charge is 0.456 e. The van der Waals surface area contributed by atoms with Crippen molar-refractivity contribution in [1.82, 2.24) is 4.98 Å². The molecule has 3 nitrogen and oxygen atoms in total. The number of aryl methyl sites for hydroxylation is 1. The Kier molecular flexibility index (Phi) is 3.75. The summed E-state index contributed by atoms with van der Waals surface area (Å²) >= 11 is 1.93. The minimum absolute atomic E-state index is 0.365. The fourth-order valence-electron chi connectivity index (χ4n) is 7.19. The maximum Gasteiger partial charge on any atom is 0.238 e. The number of thioether (sulfide) groups is 1. The maximum atomic E-state index is 7.27. The van der Waals surface area contributed by atoms with Crippen LogP contribution in [0.4, 0.5) is 0 Å². The Bertz CT molecular complexity index is 1780. The average Bonchev–Trinajstić information content (AvgIpc) is 3.23. The van der Waals surface area contributed by atoms with Crippen molar-refractivity contribution in [2.75, 3.05) is 0 Å². The molecular weight excluding hydrogens is 484 g/mol. The molecule has 2 aliphatic carbocycles. The van der Waals surface area contributed by atoms with Crippen LogP contribution >= 0.6 is 11.8 Å². The molecule has 9 rings (SSSR count). The van der Waals surface area contributed by atoms with Crippen molar-refractivity contribution in [2.45, 2.75) is 22.1 Å². The van der Waals surface area contributed by atoms with Gasteiger partial charge >= 0.3 is 0 Å². The van der Waals surface area contributed by atoms with Crippen molar-refractivity contribution in [1.29, 1.82) is 0 Å². The summed E-state index contributed by atoms with van der Waals surface area (Å²) < 4.78 is 6.90. The molecule has 5 aromatic rings. The molecule has 1 aromatic heterocycles. The molecule has 0 saturated carbocycles. The zero-order valence-corrected chi connectivity index (χ0v) is 21.5. The van der Waals surface area contributed by atoms with Gasteiger partial charge in [0.1, 0.15) is 10.4 Å². The quantitative estimate of drug-likeness (QED) is 0.221. The van der Waals surface area contributed by atoms with Gasteiger partial charge < -0.3 is 4.74 Å². The molecule has 0 amide bonds. The van der Waals surface area contributed by atoms with E-state index < -0.39 is 10.5 Å². The molecule has 1 unspecified atom stereocenters. The Labute approximate surface area is 225 Å². The monoisotopic (exact) mass is 506 g/mol. The van der Waals surface area contributed by atoms with Crippen LogP contribution in [0.25, 0.3) is 22.3 Å². The Morgan fingerprint density at radius 3 is 1.63 bits per heavy atom. The van der Waals surface area contributed by atoms with Crippen molar-refractivity contribution in [3.05, 3.63) is 149 Å². The fraction of sp³-hybridized carbons (Fsp3) is 0.118. The lowest BCUT2D eigenvalue weighted by Crippen LogP contribution is -2.43.